The first-order valence-electron chi connectivity index (χ1n) is 6.62. The Hall–Kier alpha value is -1.26. The van der Waals surface area contributed by atoms with Crippen molar-refractivity contribution in [3.8, 4) is 0 Å². The van der Waals surface area contributed by atoms with Crippen molar-refractivity contribution in [3.63, 3.8) is 0 Å². The third-order valence-electron chi connectivity index (χ3n) is 3.70. The van der Waals surface area contributed by atoms with E-state index in [1.807, 2.05) is 13.1 Å². The molecule has 4 nitrogen and oxygen atoms in total. The number of carbonyl (C=O) groups excluding carboxylic acids is 1. The predicted molar refractivity (Wildman–Crippen MR) is 78.9 cm³/mol. The van der Waals surface area contributed by atoms with Crippen LogP contribution in [0.5, 0.6) is 0 Å². The summed E-state index contributed by atoms with van der Waals surface area (Å²) < 4.78 is 0. The van der Waals surface area contributed by atoms with E-state index < -0.39 is 5.91 Å². The monoisotopic (exact) mass is 281 g/mol. The molecule has 2 rings (SSSR count). The van der Waals surface area contributed by atoms with Crippen molar-refractivity contribution >= 4 is 23.2 Å². The van der Waals surface area contributed by atoms with Crippen LogP contribution >= 0.6 is 11.6 Å². The number of primary amides is 1. The maximum atomic E-state index is 11.6. The summed E-state index contributed by atoms with van der Waals surface area (Å²) >= 11 is 5.94. The van der Waals surface area contributed by atoms with E-state index in [2.05, 4.69) is 10.2 Å². The molecule has 5 heteroatoms. The zero-order valence-electron chi connectivity index (χ0n) is 11.2. The summed E-state index contributed by atoms with van der Waals surface area (Å²) in [7, 11) is 2.02. The molecule has 1 aromatic carbocycles. The second-order valence-electron chi connectivity index (χ2n) is 4.97. The van der Waals surface area contributed by atoms with Gasteiger partial charge in [-0.1, -0.05) is 11.6 Å². The van der Waals surface area contributed by atoms with E-state index in [1.165, 1.54) is 0 Å². The van der Waals surface area contributed by atoms with Crippen molar-refractivity contribution < 1.29 is 4.79 Å². The third kappa shape index (κ3) is 3.39. The van der Waals surface area contributed by atoms with Crippen LogP contribution in [-0.2, 0) is 0 Å². The number of nitrogens with zero attached hydrogens (tertiary/aromatic N) is 1. The Kier molecular flexibility index (Phi) is 4.66. The Bertz CT molecular complexity index is 456. The fourth-order valence-electron chi connectivity index (χ4n) is 2.60. The first-order valence-corrected chi connectivity index (χ1v) is 7.00. The van der Waals surface area contributed by atoms with Crippen LogP contribution in [0.25, 0.3) is 0 Å². The van der Waals surface area contributed by atoms with E-state index in [0.717, 1.165) is 38.0 Å². The standard InChI is InChI=1S/C14H20ClN3O/c1-18(11-3-2-7-17-8-6-11)13-5-4-10(15)9-12(13)14(16)19/h4-5,9,11,17H,2-3,6-8H2,1H3,(H2,16,19). The molecular weight excluding hydrogens is 262 g/mol. The minimum absolute atomic E-state index is 0.425. The van der Waals surface area contributed by atoms with Crippen LogP contribution in [0.2, 0.25) is 5.02 Å². The molecule has 0 bridgehead atoms. The van der Waals surface area contributed by atoms with Crippen LogP contribution < -0.4 is 16.0 Å². The molecule has 19 heavy (non-hydrogen) atoms. The molecule has 1 atom stereocenters. The highest BCUT2D eigenvalue weighted by atomic mass is 35.5. The largest absolute Gasteiger partial charge is 0.371 e. The number of amides is 1. The molecule has 3 N–H and O–H groups in total. The first-order chi connectivity index (χ1) is 9.09. The number of halogens is 1. The van der Waals surface area contributed by atoms with Gasteiger partial charge in [-0.3, -0.25) is 4.79 Å². The molecule has 1 fully saturated rings. The Morgan fingerprint density at radius 3 is 2.95 bits per heavy atom. The molecule has 0 aliphatic carbocycles. The molecule has 1 unspecified atom stereocenters. The lowest BCUT2D eigenvalue weighted by molar-refractivity contribution is 0.100. The molecule has 0 radical (unpaired) electrons. The van der Waals surface area contributed by atoms with Crippen molar-refractivity contribution in [2.75, 3.05) is 25.0 Å². The van der Waals surface area contributed by atoms with Crippen LogP contribution in [0.3, 0.4) is 0 Å². The van der Waals surface area contributed by atoms with Gasteiger partial charge in [0, 0.05) is 23.8 Å². The first kappa shape index (κ1) is 14.2. The van der Waals surface area contributed by atoms with Gasteiger partial charge in [0.2, 0.25) is 0 Å². The van der Waals surface area contributed by atoms with Gasteiger partial charge in [-0.15, -0.1) is 0 Å². The lowest BCUT2D eigenvalue weighted by Crippen LogP contribution is -2.34. The highest BCUT2D eigenvalue weighted by Crippen LogP contribution is 2.27. The lowest BCUT2D eigenvalue weighted by Gasteiger charge is -2.30. The maximum absolute atomic E-state index is 11.6. The van der Waals surface area contributed by atoms with E-state index in [0.29, 0.717) is 16.6 Å². The van der Waals surface area contributed by atoms with Gasteiger partial charge in [-0.2, -0.15) is 0 Å². The Labute approximate surface area is 118 Å². The summed E-state index contributed by atoms with van der Waals surface area (Å²) in [6, 6.07) is 5.74. The normalized spacial score (nSPS) is 19.8. The average Bonchev–Trinajstić information content (AvgIpc) is 2.66. The number of rotatable bonds is 3. The fraction of sp³-hybridized carbons (Fsp3) is 0.500. The third-order valence-corrected chi connectivity index (χ3v) is 3.93. The van der Waals surface area contributed by atoms with Gasteiger partial charge in [-0.05, 0) is 50.6 Å². The van der Waals surface area contributed by atoms with Crippen molar-refractivity contribution in [2.24, 2.45) is 5.73 Å². The predicted octanol–water partition coefficient (Wildman–Crippen LogP) is 2.02. The van der Waals surface area contributed by atoms with Gasteiger partial charge in [0.25, 0.3) is 5.91 Å². The fourth-order valence-corrected chi connectivity index (χ4v) is 2.77. The number of hydrogen-bond donors (Lipinski definition) is 2. The van der Waals surface area contributed by atoms with Gasteiger partial charge in [0.15, 0.2) is 0 Å². The molecule has 1 aromatic rings. The second kappa shape index (κ2) is 6.26. The highest BCUT2D eigenvalue weighted by Gasteiger charge is 2.20. The average molecular weight is 282 g/mol. The molecule has 0 saturated carbocycles. The second-order valence-corrected chi connectivity index (χ2v) is 5.41. The molecule has 0 aromatic heterocycles. The Balaban J connectivity index is 2.26. The molecule has 1 amide bonds. The molecule has 1 aliphatic rings. The molecule has 1 heterocycles. The number of carbonyl (C=O) groups is 1. The minimum Gasteiger partial charge on any atom is -0.371 e. The number of anilines is 1. The van der Waals surface area contributed by atoms with E-state index in [1.54, 1.807) is 12.1 Å². The van der Waals surface area contributed by atoms with Crippen LogP contribution in [0, 0.1) is 0 Å². The molecule has 1 aliphatic heterocycles. The van der Waals surface area contributed by atoms with Crippen LogP contribution in [0.15, 0.2) is 18.2 Å². The summed E-state index contributed by atoms with van der Waals surface area (Å²) in [6.07, 6.45) is 3.33. The SMILES string of the molecule is CN(c1ccc(Cl)cc1C(N)=O)C1CCCNCC1. The molecule has 104 valence electrons. The van der Waals surface area contributed by atoms with Crippen molar-refractivity contribution in [3.05, 3.63) is 28.8 Å². The van der Waals surface area contributed by atoms with Crippen molar-refractivity contribution in [1.82, 2.24) is 5.32 Å². The van der Waals surface area contributed by atoms with E-state index in [-0.39, 0.29) is 0 Å². The quantitative estimate of drug-likeness (QED) is 0.891. The molecule has 0 spiro atoms. The minimum atomic E-state index is -0.434. The zero-order chi connectivity index (χ0) is 13.8. The van der Waals surface area contributed by atoms with Gasteiger partial charge >= 0.3 is 0 Å². The smallest absolute Gasteiger partial charge is 0.250 e. The Morgan fingerprint density at radius 1 is 1.42 bits per heavy atom. The van der Waals surface area contributed by atoms with Gasteiger partial charge in [-0.25, -0.2) is 0 Å². The summed E-state index contributed by atoms with van der Waals surface area (Å²) in [5.41, 5.74) is 6.80. The summed E-state index contributed by atoms with van der Waals surface area (Å²) in [6.45, 7) is 2.07. The lowest BCUT2D eigenvalue weighted by atomic mass is 10.0. The summed E-state index contributed by atoms with van der Waals surface area (Å²) in [5.74, 6) is -0.434. The van der Waals surface area contributed by atoms with Crippen molar-refractivity contribution in [2.45, 2.75) is 25.3 Å². The zero-order valence-corrected chi connectivity index (χ0v) is 11.9. The number of nitrogens with two attached hydrogens (primary N) is 1. The van der Waals surface area contributed by atoms with Crippen LogP contribution in [0.4, 0.5) is 5.69 Å². The van der Waals surface area contributed by atoms with Gasteiger partial charge < -0.3 is 16.0 Å². The van der Waals surface area contributed by atoms with Crippen LogP contribution in [-0.4, -0.2) is 32.1 Å². The van der Waals surface area contributed by atoms with E-state index in [4.69, 9.17) is 17.3 Å². The highest BCUT2D eigenvalue weighted by molar-refractivity contribution is 6.31. The van der Waals surface area contributed by atoms with Crippen LogP contribution in [0.1, 0.15) is 29.6 Å². The molecule has 1 saturated heterocycles. The van der Waals surface area contributed by atoms with E-state index in [9.17, 15) is 4.79 Å². The van der Waals surface area contributed by atoms with E-state index >= 15 is 0 Å². The molecular formula is C14H20ClN3O. The summed E-state index contributed by atoms with van der Waals surface area (Å²) in [5, 5.41) is 3.93. The number of benzene rings is 1. The summed E-state index contributed by atoms with van der Waals surface area (Å²) in [4.78, 5) is 13.7. The Morgan fingerprint density at radius 2 is 2.21 bits per heavy atom. The topological polar surface area (TPSA) is 58.4 Å². The van der Waals surface area contributed by atoms with Crippen molar-refractivity contribution in [1.29, 1.82) is 0 Å². The maximum Gasteiger partial charge on any atom is 0.250 e. The number of nitrogens with one attached hydrogen (secondary N) is 1. The van der Waals surface area contributed by atoms with Gasteiger partial charge in [0.05, 0.1) is 5.56 Å². The van der Waals surface area contributed by atoms with Gasteiger partial charge in [0.1, 0.15) is 0 Å². The number of hydrogen-bond acceptors (Lipinski definition) is 3.